The lowest BCUT2D eigenvalue weighted by Gasteiger charge is -2.53. The number of carboxylic acid groups (broad SMARTS) is 1. The summed E-state index contributed by atoms with van der Waals surface area (Å²) in [6.07, 6.45) is 3.11. The van der Waals surface area contributed by atoms with Crippen LogP contribution in [-0.2, 0) is 14.4 Å². The molecule has 2 unspecified atom stereocenters. The molecule has 5 N–H and O–H groups in total. The van der Waals surface area contributed by atoms with E-state index in [1.54, 1.807) is 11.6 Å². The van der Waals surface area contributed by atoms with Crippen molar-refractivity contribution in [2.75, 3.05) is 18.0 Å². The summed E-state index contributed by atoms with van der Waals surface area (Å²) >= 11 is 9.28. The van der Waals surface area contributed by atoms with Gasteiger partial charge in [0.2, 0.25) is 17.4 Å². The Morgan fingerprint density at radius 1 is 1.47 bits per heavy atom. The minimum atomic E-state index is -1.32. The number of rotatable bonds is 6. The first-order chi connectivity index (χ1) is 15.3. The molecule has 2 aliphatic heterocycles. The van der Waals surface area contributed by atoms with E-state index in [-0.39, 0.29) is 28.4 Å². The van der Waals surface area contributed by atoms with Crippen molar-refractivity contribution in [1.82, 2.24) is 24.6 Å². The van der Waals surface area contributed by atoms with Gasteiger partial charge in [0.15, 0.2) is 5.13 Å². The van der Waals surface area contributed by atoms with Crippen molar-refractivity contribution < 1.29 is 24.7 Å². The van der Waals surface area contributed by atoms with Gasteiger partial charge in [-0.15, -0.1) is 23.1 Å². The van der Waals surface area contributed by atoms with Crippen molar-refractivity contribution in [3.05, 3.63) is 27.4 Å². The molecular weight excluding hydrogens is 502 g/mol. The number of halogens is 1. The molecule has 2 aromatic heterocycles. The SMILES string of the molecule is Nc1nc(C(=NO)C(=O)NC2C(=O)N3CC(C=Cc4scnc4Cl)(C(=O)O)CS[C@H]23)ns1. The third-order valence-electron chi connectivity index (χ3n) is 4.89. The maximum absolute atomic E-state index is 12.7. The standard InChI is InChI=1S/C16H14ClN7O5S3/c17-9-6(31-5-19-9)1-2-16(14(27)28)3-24-12(26)8(13(24)30-4-16)20-11(25)7(22-29)10-21-15(18)32-23-10/h1-2,5,8,13,29H,3-4H2,(H,20,25)(H,27,28)(H2,18,21,23)/t8?,13-,16?/m1/s1. The summed E-state index contributed by atoms with van der Waals surface area (Å²) in [5.74, 6) is -2.37. The van der Waals surface area contributed by atoms with Crippen LogP contribution in [0.2, 0.25) is 5.15 Å². The van der Waals surface area contributed by atoms with Crippen molar-refractivity contribution in [2.45, 2.75) is 11.4 Å². The molecule has 0 saturated carbocycles. The fourth-order valence-corrected chi connectivity index (χ4v) is 6.03. The lowest BCUT2D eigenvalue weighted by Crippen LogP contribution is -2.73. The van der Waals surface area contributed by atoms with Crippen LogP contribution in [0.25, 0.3) is 6.08 Å². The summed E-state index contributed by atoms with van der Waals surface area (Å²) in [7, 11) is 0. The number of carbonyl (C=O) groups is 3. The Kier molecular flexibility index (Phi) is 6.07. The van der Waals surface area contributed by atoms with Crippen molar-refractivity contribution in [3.8, 4) is 0 Å². The number of thioether (sulfide) groups is 1. The van der Waals surface area contributed by atoms with Gasteiger partial charge in [0.25, 0.3) is 5.91 Å². The van der Waals surface area contributed by atoms with Gasteiger partial charge < -0.3 is 26.3 Å². The molecule has 32 heavy (non-hydrogen) atoms. The van der Waals surface area contributed by atoms with E-state index in [4.69, 9.17) is 17.3 Å². The van der Waals surface area contributed by atoms with Crippen molar-refractivity contribution in [3.63, 3.8) is 0 Å². The molecule has 2 aliphatic rings. The number of nitrogens with two attached hydrogens (primary N) is 1. The summed E-state index contributed by atoms with van der Waals surface area (Å²) in [4.78, 5) is 46.9. The number of thiazole rings is 1. The van der Waals surface area contributed by atoms with Gasteiger partial charge >= 0.3 is 5.97 Å². The molecule has 2 aromatic rings. The first-order valence-electron chi connectivity index (χ1n) is 8.82. The number of amides is 2. The summed E-state index contributed by atoms with van der Waals surface area (Å²) in [5.41, 5.74) is 5.23. The predicted octanol–water partition coefficient (Wildman–Crippen LogP) is 0.593. The Hall–Kier alpha value is -2.75. The van der Waals surface area contributed by atoms with Gasteiger partial charge in [0.1, 0.15) is 22.0 Å². The van der Waals surface area contributed by atoms with Gasteiger partial charge in [0, 0.05) is 23.8 Å². The summed E-state index contributed by atoms with van der Waals surface area (Å²) in [6, 6.07) is -0.910. The van der Waals surface area contributed by atoms with Gasteiger partial charge in [0.05, 0.1) is 10.4 Å². The molecule has 4 heterocycles. The Morgan fingerprint density at radius 2 is 2.25 bits per heavy atom. The fourth-order valence-electron chi connectivity index (χ4n) is 3.21. The number of hydrogen-bond acceptors (Lipinski definition) is 12. The number of nitrogens with one attached hydrogen (secondary N) is 1. The maximum atomic E-state index is 12.7. The molecule has 0 aliphatic carbocycles. The van der Waals surface area contributed by atoms with Crippen LogP contribution < -0.4 is 11.1 Å². The van der Waals surface area contributed by atoms with Crippen LogP contribution in [0, 0.1) is 5.41 Å². The van der Waals surface area contributed by atoms with Crippen LogP contribution >= 0.6 is 46.2 Å². The zero-order valence-corrected chi connectivity index (χ0v) is 19.0. The second-order valence-electron chi connectivity index (χ2n) is 6.83. The third-order valence-corrected chi connectivity index (χ3v) is 8.19. The van der Waals surface area contributed by atoms with Gasteiger partial charge in [-0.3, -0.25) is 14.4 Å². The monoisotopic (exact) mass is 515 g/mol. The van der Waals surface area contributed by atoms with Crippen LogP contribution in [0.15, 0.2) is 16.7 Å². The van der Waals surface area contributed by atoms with Crippen LogP contribution in [-0.4, -0.2) is 76.8 Å². The molecule has 2 amide bonds. The first-order valence-corrected chi connectivity index (χ1v) is 11.9. The molecule has 0 radical (unpaired) electrons. The van der Waals surface area contributed by atoms with Gasteiger partial charge in [-0.05, 0) is 6.08 Å². The summed E-state index contributed by atoms with van der Waals surface area (Å²) < 4.78 is 3.81. The highest BCUT2D eigenvalue weighted by atomic mass is 35.5. The lowest BCUT2D eigenvalue weighted by atomic mass is 9.86. The number of nitrogen functional groups attached to an aromatic ring is 1. The first kappa shape index (κ1) is 22.4. The van der Waals surface area contributed by atoms with Crippen molar-refractivity contribution in [2.24, 2.45) is 10.6 Å². The molecule has 2 saturated heterocycles. The number of aliphatic carboxylic acids is 1. The molecule has 168 valence electrons. The van der Waals surface area contributed by atoms with Gasteiger partial charge in [-0.2, -0.15) is 9.36 Å². The van der Waals surface area contributed by atoms with Crippen molar-refractivity contribution >= 4 is 80.9 Å². The number of carboxylic acids is 1. The van der Waals surface area contributed by atoms with E-state index < -0.39 is 40.3 Å². The Morgan fingerprint density at radius 3 is 2.84 bits per heavy atom. The van der Waals surface area contributed by atoms with Crippen LogP contribution in [0.4, 0.5) is 5.13 Å². The molecule has 2 fully saturated rings. The smallest absolute Gasteiger partial charge is 0.316 e. The molecule has 4 rings (SSSR count). The number of β-lactam (4-membered cyclic amide) rings is 1. The van der Waals surface area contributed by atoms with Gasteiger partial charge in [-0.25, -0.2) is 4.98 Å². The van der Waals surface area contributed by atoms with Crippen LogP contribution in [0.3, 0.4) is 0 Å². The van der Waals surface area contributed by atoms with Gasteiger partial charge in [-0.1, -0.05) is 22.8 Å². The number of nitrogens with zero attached hydrogens (tertiary/aromatic N) is 5. The largest absolute Gasteiger partial charge is 0.481 e. The van der Waals surface area contributed by atoms with Crippen molar-refractivity contribution in [1.29, 1.82) is 0 Å². The number of oxime groups is 1. The number of carbonyl (C=O) groups excluding carboxylic acids is 2. The fraction of sp³-hybridized carbons (Fsp3) is 0.312. The predicted molar refractivity (Wildman–Crippen MR) is 119 cm³/mol. The molecule has 12 nitrogen and oxygen atoms in total. The normalized spacial score (nSPS) is 25.5. The summed E-state index contributed by atoms with van der Waals surface area (Å²) in [6.45, 7) is -0.0662. The second kappa shape index (κ2) is 8.65. The van der Waals surface area contributed by atoms with E-state index in [1.165, 1.54) is 34.1 Å². The third kappa shape index (κ3) is 3.92. The summed E-state index contributed by atoms with van der Waals surface area (Å²) in [5, 5.41) is 24.3. The molecule has 0 aromatic carbocycles. The molecule has 0 bridgehead atoms. The average molecular weight is 516 g/mol. The Balaban J connectivity index is 1.46. The lowest BCUT2D eigenvalue weighted by molar-refractivity contribution is -0.155. The second-order valence-corrected chi connectivity index (χ2v) is 9.96. The minimum Gasteiger partial charge on any atom is -0.481 e. The molecule has 16 heteroatoms. The quantitative estimate of drug-likeness (QED) is 0.184. The van der Waals surface area contributed by atoms with E-state index in [2.05, 4.69) is 24.8 Å². The zero-order chi connectivity index (χ0) is 23.0. The van der Waals surface area contributed by atoms with Crippen LogP contribution in [0.5, 0.6) is 0 Å². The highest BCUT2D eigenvalue weighted by Crippen LogP contribution is 2.43. The highest BCUT2D eigenvalue weighted by molar-refractivity contribution is 8.00. The number of anilines is 1. The minimum absolute atomic E-state index is 0.0662. The number of aromatic nitrogens is 3. The molecule has 3 atom stereocenters. The Labute approximate surface area is 197 Å². The van der Waals surface area contributed by atoms with E-state index >= 15 is 0 Å². The van der Waals surface area contributed by atoms with Crippen LogP contribution in [0.1, 0.15) is 10.7 Å². The van der Waals surface area contributed by atoms with E-state index in [1.807, 2.05) is 0 Å². The number of fused-ring (bicyclic) bond motifs is 1. The average Bonchev–Trinajstić information content (AvgIpc) is 3.38. The maximum Gasteiger partial charge on any atom is 0.316 e. The van der Waals surface area contributed by atoms with E-state index in [0.717, 1.165) is 11.5 Å². The zero-order valence-electron chi connectivity index (χ0n) is 15.8. The van der Waals surface area contributed by atoms with E-state index in [9.17, 15) is 24.7 Å². The number of hydrogen-bond donors (Lipinski definition) is 4. The topological polar surface area (TPSA) is 184 Å². The molecule has 0 spiro atoms. The van der Waals surface area contributed by atoms with E-state index in [0.29, 0.717) is 4.88 Å². The Bertz CT molecular complexity index is 1150. The molecular formula is C16H14ClN7O5S3. The highest BCUT2D eigenvalue weighted by Gasteiger charge is 2.57.